The lowest BCUT2D eigenvalue weighted by Crippen LogP contribution is -2.59. The van der Waals surface area contributed by atoms with Gasteiger partial charge in [0.1, 0.15) is 0 Å². The van der Waals surface area contributed by atoms with Crippen LogP contribution in [0.5, 0.6) is 0 Å². The van der Waals surface area contributed by atoms with E-state index in [2.05, 4.69) is 25.7 Å². The molecule has 0 aromatic carbocycles. The van der Waals surface area contributed by atoms with Crippen LogP contribution in [0.2, 0.25) is 0 Å². The maximum atomic E-state index is 11.4. The van der Waals surface area contributed by atoms with E-state index in [1.165, 1.54) is 19.3 Å². The van der Waals surface area contributed by atoms with Crippen LogP contribution in [0.15, 0.2) is 0 Å². The molecule has 2 atom stereocenters. The molecule has 3 nitrogen and oxygen atoms in total. The fraction of sp³-hybridized carbons (Fsp3) is 1.00. The Kier molecular flexibility index (Phi) is 5.72. The summed E-state index contributed by atoms with van der Waals surface area (Å²) in [5, 5.41) is 11.4. The average Bonchev–Trinajstić information content (AvgIpc) is 2.49. The third kappa shape index (κ3) is 3.62. The third-order valence-corrected chi connectivity index (χ3v) is 6.21. The number of aliphatic hydroxyl groups is 1. The van der Waals surface area contributed by atoms with E-state index >= 15 is 0 Å². The van der Waals surface area contributed by atoms with Crippen molar-refractivity contribution in [3.05, 3.63) is 0 Å². The number of hydrogen-bond acceptors (Lipinski definition) is 3. The minimum absolute atomic E-state index is 0.0180. The highest BCUT2D eigenvalue weighted by atomic mass is 16.3. The van der Waals surface area contributed by atoms with Gasteiger partial charge in [-0.15, -0.1) is 0 Å². The summed E-state index contributed by atoms with van der Waals surface area (Å²) in [4.78, 5) is 2.52. The van der Waals surface area contributed by atoms with Crippen molar-refractivity contribution in [2.45, 2.75) is 71.3 Å². The quantitative estimate of drug-likeness (QED) is 0.820. The van der Waals surface area contributed by atoms with Gasteiger partial charge in [-0.3, -0.25) is 0 Å². The largest absolute Gasteiger partial charge is 0.389 e. The molecule has 0 amide bonds. The van der Waals surface area contributed by atoms with E-state index in [9.17, 15) is 5.11 Å². The van der Waals surface area contributed by atoms with Gasteiger partial charge in [0, 0.05) is 31.6 Å². The highest BCUT2D eigenvalue weighted by Crippen LogP contribution is 2.50. The Bertz CT molecular complexity index is 323. The van der Waals surface area contributed by atoms with Crippen LogP contribution < -0.4 is 5.73 Å². The molecule has 2 rings (SSSR count). The Hall–Kier alpha value is -0.120. The smallest absolute Gasteiger partial charge is 0.0740 e. The summed E-state index contributed by atoms with van der Waals surface area (Å²) in [5.74, 6) is 1.47. The standard InChI is InChI=1S/C18H36N2O/c1-4-16-6-5-7-17(12-16,14-19)18(21)8-10-20(11-9-18)13-15(2)3/h15-16,21H,4-14,19H2,1-3H3. The first-order valence-electron chi connectivity index (χ1n) is 9.09. The average molecular weight is 296 g/mol. The lowest BCUT2D eigenvalue weighted by atomic mass is 9.57. The number of nitrogens with two attached hydrogens (primary N) is 1. The Morgan fingerprint density at radius 1 is 1.24 bits per heavy atom. The number of hydrogen-bond donors (Lipinski definition) is 2. The molecule has 21 heavy (non-hydrogen) atoms. The molecule has 124 valence electrons. The molecule has 1 heterocycles. The van der Waals surface area contributed by atoms with Gasteiger partial charge < -0.3 is 15.7 Å². The van der Waals surface area contributed by atoms with Crippen molar-refractivity contribution in [3.8, 4) is 0 Å². The zero-order valence-corrected chi connectivity index (χ0v) is 14.4. The van der Waals surface area contributed by atoms with E-state index in [1.54, 1.807) is 0 Å². The van der Waals surface area contributed by atoms with Crippen LogP contribution in [0.4, 0.5) is 0 Å². The molecule has 3 N–H and O–H groups in total. The SMILES string of the molecule is CCC1CCCC(CN)(C2(O)CCN(CC(C)C)CC2)C1. The Balaban J connectivity index is 2.04. The zero-order valence-electron chi connectivity index (χ0n) is 14.4. The lowest BCUT2D eigenvalue weighted by molar-refractivity contribution is -0.140. The Morgan fingerprint density at radius 2 is 1.90 bits per heavy atom. The summed E-state index contributed by atoms with van der Waals surface area (Å²) in [5.41, 5.74) is 5.67. The minimum Gasteiger partial charge on any atom is -0.389 e. The topological polar surface area (TPSA) is 49.5 Å². The van der Waals surface area contributed by atoms with Crippen LogP contribution in [0.3, 0.4) is 0 Å². The first kappa shape index (κ1) is 17.2. The summed E-state index contributed by atoms with van der Waals surface area (Å²) < 4.78 is 0. The van der Waals surface area contributed by atoms with Crippen molar-refractivity contribution in [2.24, 2.45) is 23.0 Å². The van der Waals surface area contributed by atoms with Crippen molar-refractivity contribution in [1.29, 1.82) is 0 Å². The molecule has 0 bridgehead atoms. The second-order valence-corrected chi connectivity index (χ2v) is 8.08. The highest BCUT2D eigenvalue weighted by Gasteiger charge is 2.52. The molecule has 1 aliphatic heterocycles. The Morgan fingerprint density at radius 3 is 2.43 bits per heavy atom. The van der Waals surface area contributed by atoms with E-state index in [4.69, 9.17) is 5.73 Å². The summed E-state index contributed by atoms with van der Waals surface area (Å²) in [6.45, 7) is 10.7. The lowest BCUT2D eigenvalue weighted by Gasteiger charge is -2.54. The van der Waals surface area contributed by atoms with Gasteiger partial charge >= 0.3 is 0 Å². The van der Waals surface area contributed by atoms with Crippen LogP contribution in [-0.2, 0) is 0 Å². The van der Waals surface area contributed by atoms with Crippen molar-refractivity contribution in [1.82, 2.24) is 4.90 Å². The third-order valence-electron chi connectivity index (χ3n) is 6.21. The zero-order chi connectivity index (χ0) is 15.5. The van der Waals surface area contributed by atoms with Crippen molar-refractivity contribution < 1.29 is 5.11 Å². The summed E-state index contributed by atoms with van der Waals surface area (Å²) >= 11 is 0. The fourth-order valence-corrected chi connectivity index (χ4v) is 4.78. The van der Waals surface area contributed by atoms with Gasteiger partial charge in [0.25, 0.3) is 0 Å². The van der Waals surface area contributed by atoms with E-state index in [-0.39, 0.29) is 5.41 Å². The van der Waals surface area contributed by atoms with Crippen LogP contribution >= 0.6 is 0 Å². The monoisotopic (exact) mass is 296 g/mol. The first-order chi connectivity index (χ1) is 9.94. The van der Waals surface area contributed by atoms with E-state index in [1.807, 2.05) is 0 Å². The molecule has 0 radical (unpaired) electrons. The summed E-state index contributed by atoms with van der Waals surface area (Å²) in [6, 6.07) is 0. The van der Waals surface area contributed by atoms with Gasteiger partial charge in [-0.05, 0) is 37.5 Å². The molecular formula is C18H36N2O. The molecule has 0 aromatic rings. The molecule has 0 aromatic heterocycles. The van der Waals surface area contributed by atoms with E-state index < -0.39 is 5.60 Å². The minimum atomic E-state index is -0.525. The Labute approximate surface area is 131 Å². The second-order valence-electron chi connectivity index (χ2n) is 8.08. The molecule has 1 aliphatic carbocycles. The number of rotatable bonds is 5. The maximum Gasteiger partial charge on any atom is 0.0740 e. The van der Waals surface area contributed by atoms with Crippen molar-refractivity contribution >= 4 is 0 Å². The van der Waals surface area contributed by atoms with Crippen LogP contribution in [0.1, 0.15) is 65.7 Å². The molecule has 1 saturated heterocycles. The summed E-state index contributed by atoms with van der Waals surface area (Å²) in [7, 11) is 0. The normalized spacial score (nSPS) is 34.3. The van der Waals surface area contributed by atoms with Crippen molar-refractivity contribution in [2.75, 3.05) is 26.2 Å². The molecule has 2 unspecified atom stereocenters. The highest BCUT2D eigenvalue weighted by molar-refractivity contribution is 5.04. The van der Waals surface area contributed by atoms with Crippen LogP contribution in [0, 0.1) is 17.3 Å². The van der Waals surface area contributed by atoms with Gasteiger partial charge in [0.05, 0.1) is 5.60 Å². The van der Waals surface area contributed by atoms with Gasteiger partial charge in [-0.1, -0.05) is 40.0 Å². The predicted molar refractivity (Wildman–Crippen MR) is 89.2 cm³/mol. The van der Waals surface area contributed by atoms with Gasteiger partial charge in [0.2, 0.25) is 0 Å². The summed E-state index contributed by atoms with van der Waals surface area (Å²) in [6.07, 6.45) is 7.89. The van der Waals surface area contributed by atoms with E-state index in [0.717, 1.165) is 51.2 Å². The van der Waals surface area contributed by atoms with Crippen LogP contribution in [0.25, 0.3) is 0 Å². The predicted octanol–water partition coefficient (Wildman–Crippen LogP) is 3.01. The van der Waals surface area contributed by atoms with Crippen LogP contribution in [-0.4, -0.2) is 41.8 Å². The molecule has 1 saturated carbocycles. The maximum absolute atomic E-state index is 11.4. The first-order valence-corrected chi connectivity index (χ1v) is 9.09. The number of piperidine rings is 1. The number of nitrogens with zero attached hydrogens (tertiary/aromatic N) is 1. The van der Waals surface area contributed by atoms with Gasteiger partial charge in [-0.2, -0.15) is 0 Å². The molecule has 0 spiro atoms. The fourth-order valence-electron chi connectivity index (χ4n) is 4.78. The number of likely N-dealkylation sites (tertiary alicyclic amines) is 1. The van der Waals surface area contributed by atoms with Gasteiger partial charge in [0.15, 0.2) is 0 Å². The van der Waals surface area contributed by atoms with Gasteiger partial charge in [-0.25, -0.2) is 0 Å². The molecular weight excluding hydrogens is 260 g/mol. The molecule has 3 heteroatoms. The molecule has 2 aliphatic rings. The van der Waals surface area contributed by atoms with E-state index in [0.29, 0.717) is 12.5 Å². The second kappa shape index (κ2) is 6.97. The van der Waals surface area contributed by atoms with Crippen molar-refractivity contribution in [3.63, 3.8) is 0 Å². The molecule has 2 fully saturated rings.